The van der Waals surface area contributed by atoms with Crippen LogP contribution in [0.1, 0.15) is 19.4 Å². The molecule has 1 saturated heterocycles. The van der Waals surface area contributed by atoms with Crippen molar-refractivity contribution in [2.45, 2.75) is 32.3 Å². The van der Waals surface area contributed by atoms with E-state index in [4.69, 9.17) is 18.9 Å². The van der Waals surface area contributed by atoms with Gasteiger partial charge in [0.25, 0.3) is 0 Å². The fourth-order valence-corrected chi connectivity index (χ4v) is 2.29. The predicted octanol–water partition coefficient (Wildman–Crippen LogP) is 1.65. The number of phenols is 1. The number of nitrogens with one attached hydrogen (secondary N) is 1. The Morgan fingerprint density at radius 1 is 1.29 bits per heavy atom. The zero-order valence-electron chi connectivity index (χ0n) is 12.9. The fraction of sp³-hybridized carbons (Fsp3) is 0.600. The van der Waals surface area contributed by atoms with Gasteiger partial charge >= 0.3 is 0 Å². The number of benzene rings is 1. The third-order valence-electron chi connectivity index (χ3n) is 3.31. The van der Waals surface area contributed by atoms with Crippen LogP contribution in [0, 0.1) is 0 Å². The van der Waals surface area contributed by atoms with Gasteiger partial charge in [-0.2, -0.15) is 0 Å². The number of hydrogen-bond donors (Lipinski definition) is 2. The monoisotopic (exact) mass is 297 g/mol. The second-order valence-corrected chi connectivity index (χ2v) is 5.43. The van der Waals surface area contributed by atoms with Crippen LogP contribution in [0.15, 0.2) is 12.1 Å². The summed E-state index contributed by atoms with van der Waals surface area (Å²) in [6.07, 6.45) is 0.0425. The largest absolute Gasteiger partial charge is 0.502 e. The minimum atomic E-state index is -0.503. The van der Waals surface area contributed by atoms with Crippen molar-refractivity contribution in [3.8, 4) is 17.2 Å². The van der Waals surface area contributed by atoms with E-state index in [1.807, 2.05) is 13.8 Å². The summed E-state index contributed by atoms with van der Waals surface area (Å²) in [5.41, 5.74) is 0.958. The Hall–Kier alpha value is -1.50. The maximum Gasteiger partial charge on any atom is 0.200 e. The van der Waals surface area contributed by atoms with Crippen molar-refractivity contribution in [2.75, 3.05) is 27.4 Å². The van der Waals surface area contributed by atoms with E-state index in [2.05, 4.69) is 5.32 Å². The van der Waals surface area contributed by atoms with Crippen molar-refractivity contribution in [3.05, 3.63) is 17.7 Å². The van der Waals surface area contributed by atoms with Gasteiger partial charge in [-0.25, -0.2) is 0 Å². The first-order valence-corrected chi connectivity index (χ1v) is 6.91. The lowest BCUT2D eigenvalue weighted by atomic mass is 10.1. The van der Waals surface area contributed by atoms with Crippen molar-refractivity contribution in [1.29, 1.82) is 0 Å². The van der Waals surface area contributed by atoms with Crippen molar-refractivity contribution in [3.63, 3.8) is 0 Å². The minimum absolute atomic E-state index is 0.0121. The van der Waals surface area contributed by atoms with Crippen LogP contribution >= 0.6 is 0 Å². The van der Waals surface area contributed by atoms with E-state index in [0.717, 1.165) is 5.56 Å². The average molecular weight is 297 g/mol. The quantitative estimate of drug-likeness (QED) is 0.832. The maximum absolute atomic E-state index is 9.86. The molecule has 1 atom stereocenters. The lowest BCUT2D eigenvalue weighted by molar-refractivity contribution is -0.137. The van der Waals surface area contributed by atoms with Gasteiger partial charge in [0, 0.05) is 13.1 Å². The van der Waals surface area contributed by atoms with Crippen LogP contribution in [-0.2, 0) is 16.0 Å². The smallest absolute Gasteiger partial charge is 0.200 e. The molecular weight excluding hydrogens is 274 g/mol. The van der Waals surface area contributed by atoms with E-state index in [1.165, 1.54) is 14.2 Å². The zero-order chi connectivity index (χ0) is 15.5. The third kappa shape index (κ3) is 4.00. The summed E-state index contributed by atoms with van der Waals surface area (Å²) in [5, 5.41) is 13.2. The number of hydrogen-bond acceptors (Lipinski definition) is 6. The molecule has 6 heteroatoms. The number of phenolic OH excluding ortho intramolecular Hbond substituents is 1. The molecule has 118 valence electrons. The highest BCUT2D eigenvalue weighted by Crippen LogP contribution is 2.37. The van der Waals surface area contributed by atoms with Crippen LogP contribution in [0.3, 0.4) is 0 Å². The van der Waals surface area contributed by atoms with Crippen LogP contribution < -0.4 is 14.8 Å². The molecule has 6 nitrogen and oxygen atoms in total. The lowest BCUT2D eigenvalue weighted by Gasteiger charge is -2.17. The average Bonchev–Trinajstić information content (AvgIpc) is 2.79. The summed E-state index contributed by atoms with van der Waals surface area (Å²) in [6, 6.07) is 3.56. The Balaban J connectivity index is 1.91. The number of methoxy groups -OCH3 is 2. The molecule has 1 heterocycles. The van der Waals surface area contributed by atoms with Crippen LogP contribution in [0.4, 0.5) is 0 Å². The fourth-order valence-electron chi connectivity index (χ4n) is 2.29. The summed E-state index contributed by atoms with van der Waals surface area (Å²) < 4.78 is 21.5. The van der Waals surface area contributed by atoms with Crippen LogP contribution in [0.5, 0.6) is 17.2 Å². The molecule has 0 spiro atoms. The van der Waals surface area contributed by atoms with Crippen molar-refractivity contribution >= 4 is 0 Å². The van der Waals surface area contributed by atoms with E-state index >= 15 is 0 Å². The SMILES string of the molecule is COc1cc(CNCC2COC(C)(C)O2)cc(OC)c1O. The second-order valence-electron chi connectivity index (χ2n) is 5.43. The van der Waals surface area contributed by atoms with Gasteiger partial charge < -0.3 is 29.4 Å². The molecule has 0 saturated carbocycles. The Bertz CT molecular complexity index is 464. The van der Waals surface area contributed by atoms with Gasteiger partial charge in [-0.3, -0.25) is 0 Å². The van der Waals surface area contributed by atoms with Crippen LogP contribution in [0.2, 0.25) is 0 Å². The molecule has 0 aliphatic carbocycles. The molecule has 2 rings (SSSR count). The first-order valence-electron chi connectivity index (χ1n) is 6.91. The molecule has 1 aliphatic heterocycles. The number of aromatic hydroxyl groups is 1. The Labute approximate surface area is 125 Å². The Morgan fingerprint density at radius 2 is 1.90 bits per heavy atom. The van der Waals surface area contributed by atoms with E-state index in [9.17, 15) is 5.11 Å². The van der Waals surface area contributed by atoms with Crippen LogP contribution in [0.25, 0.3) is 0 Å². The van der Waals surface area contributed by atoms with Gasteiger partial charge in [-0.15, -0.1) is 0 Å². The lowest BCUT2D eigenvalue weighted by Crippen LogP contribution is -2.30. The van der Waals surface area contributed by atoms with Gasteiger partial charge in [0.2, 0.25) is 5.75 Å². The molecule has 0 bridgehead atoms. The summed E-state index contributed by atoms with van der Waals surface area (Å²) in [5.74, 6) is 0.302. The third-order valence-corrected chi connectivity index (χ3v) is 3.31. The van der Waals surface area contributed by atoms with Gasteiger partial charge in [-0.05, 0) is 31.5 Å². The van der Waals surface area contributed by atoms with Gasteiger partial charge in [-0.1, -0.05) is 0 Å². The molecule has 1 fully saturated rings. The molecule has 1 aromatic rings. The molecule has 1 unspecified atom stereocenters. The molecule has 2 N–H and O–H groups in total. The molecule has 0 radical (unpaired) electrons. The molecule has 21 heavy (non-hydrogen) atoms. The summed E-state index contributed by atoms with van der Waals surface area (Å²) in [6.45, 7) is 5.70. The van der Waals surface area contributed by atoms with Crippen molar-refractivity contribution in [2.24, 2.45) is 0 Å². The number of ether oxygens (including phenoxy) is 4. The molecule has 0 amide bonds. The first-order chi connectivity index (χ1) is 9.95. The topological polar surface area (TPSA) is 69.2 Å². The van der Waals surface area contributed by atoms with Gasteiger partial charge in [0.1, 0.15) is 0 Å². The number of rotatable bonds is 6. The minimum Gasteiger partial charge on any atom is -0.502 e. The summed E-state index contributed by atoms with van der Waals surface area (Å²) in [7, 11) is 3.02. The highest BCUT2D eigenvalue weighted by Gasteiger charge is 2.32. The van der Waals surface area contributed by atoms with E-state index in [1.54, 1.807) is 12.1 Å². The van der Waals surface area contributed by atoms with Gasteiger partial charge in [0.15, 0.2) is 17.3 Å². The standard InChI is InChI=1S/C15H23NO5/c1-15(2)20-9-11(21-15)8-16-7-10-5-12(18-3)14(17)13(6-10)19-4/h5-6,11,16-17H,7-9H2,1-4H3. The molecule has 1 aliphatic rings. The highest BCUT2D eigenvalue weighted by atomic mass is 16.7. The van der Waals surface area contributed by atoms with E-state index in [0.29, 0.717) is 31.2 Å². The van der Waals surface area contributed by atoms with Crippen molar-refractivity contribution in [1.82, 2.24) is 5.32 Å². The Morgan fingerprint density at radius 3 is 2.38 bits per heavy atom. The normalized spacial score (nSPS) is 20.5. The van der Waals surface area contributed by atoms with E-state index in [-0.39, 0.29) is 11.9 Å². The molecular formula is C15H23NO5. The first kappa shape index (κ1) is 15.9. The van der Waals surface area contributed by atoms with E-state index < -0.39 is 5.79 Å². The summed E-state index contributed by atoms with van der Waals surface area (Å²) >= 11 is 0. The Kier molecular flexibility index (Phi) is 4.92. The second kappa shape index (κ2) is 6.51. The molecule has 1 aromatic carbocycles. The molecule has 0 aromatic heterocycles. The summed E-state index contributed by atoms with van der Waals surface area (Å²) in [4.78, 5) is 0. The van der Waals surface area contributed by atoms with Gasteiger partial charge in [0.05, 0.1) is 26.9 Å². The maximum atomic E-state index is 9.86. The van der Waals surface area contributed by atoms with Crippen LogP contribution in [-0.4, -0.2) is 44.4 Å². The highest BCUT2D eigenvalue weighted by molar-refractivity contribution is 5.52. The zero-order valence-corrected chi connectivity index (χ0v) is 12.9. The van der Waals surface area contributed by atoms with Crippen molar-refractivity contribution < 1.29 is 24.1 Å². The predicted molar refractivity (Wildman–Crippen MR) is 77.8 cm³/mol.